The van der Waals surface area contributed by atoms with Crippen molar-refractivity contribution in [3.63, 3.8) is 0 Å². The Bertz CT molecular complexity index is 696. The molecule has 3 N–H and O–H groups in total. The number of carbonyl (C=O) groups excluding carboxylic acids is 1. The van der Waals surface area contributed by atoms with Crippen LogP contribution in [0.25, 0.3) is 0 Å². The fourth-order valence-corrected chi connectivity index (χ4v) is 3.65. The van der Waals surface area contributed by atoms with Crippen LogP contribution in [0.5, 0.6) is 0 Å². The predicted molar refractivity (Wildman–Crippen MR) is 97.8 cm³/mol. The lowest BCUT2D eigenvalue weighted by molar-refractivity contribution is -0.127. The van der Waals surface area contributed by atoms with Gasteiger partial charge in [-0.3, -0.25) is 20.7 Å². The number of thioether (sulfide) groups is 1. The molecule has 1 fully saturated rings. The van der Waals surface area contributed by atoms with Crippen molar-refractivity contribution in [2.24, 2.45) is 0 Å². The summed E-state index contributed by atoms with van der Waals surface area (Å²) < 4.78 is 13.0. The van der Waals surface area contributed by atoms with Gasteiger partial charge in [-0.2, -0.15) is 5.10 Å². The van der Waals surface area contributed by atoms with Gasteiger partial charge in [0.2, 0.25) is 5.91 Å². The first kappa shape index (κ1) is 18.8. The monoisotopic (exact) mass is 378 g/mol. The minimum absolute atomic E-state index is 0.0769. The van der Waals surface area contributed by atoms with Crippen LogP contribution < -0.4 is 10.9 Å². The van der Waals surface area contributed by atoms with E-state index < -0.39 is 0 Å². The van der Waals surface area contributed by atoms with E-state index in [2.05, 4.69) is 26.0 Å². The number of nitrogens with zero attached hydrogens (tertiary/aromatic N) is 3. The molecule has 2 atom stereocenters. The van der Waals surface area contributed by atoms with Crippen molar-refractivity contribution in [2.75, 3.05) is 19.3 Å². The van der Waals surface area contributed by atoms with Crippen LogP contribution in [0, 0.1) is 5.82 Å². The lowest BCUT2D eigenvalue weighted by Crippen LogP contribution is -2.33. The molecule has 2 heterocycles. The van der Waals surface area contributed by atoms with E-state index in [1.165, 1.54) is 30.2 Å². The zero-order valence-electron chi connectivity index (χ0n) is 14.6. The van der Waals surface area contributed by atoms with Gasteiger partial charge in [-0.15, -0.1) is 0 Å². The number of hydrogen-bond acceptors (Lipinski definition) is 6. The minimum Gasteiger partial charge on any atom is -0.345 e. The number of amides is 1. The molecule has 1 aromatic heterocycles. The number of carbonyl (C=O) groups is 1. The topological polar surface area (TPSA) is 85.9 Å². The highest BCUT2D eigenvalue weighted by molar-refractivity contribution is 7.99. The molecule has 1 saturated heterocycles. The lowest BCUT2D eigenvalue weighted by atomic mass is 10.00. The summed E-state index contributed by atoms with van der Waals surface area (Å²) in [4.78, 5) is 17.9. The quantitative estimate of drug-likeness (QED) is 0.608. The Balaban J connectivity index is 1.34. The van der Waals surface area contributed by atoms with Crippen LogP contribution in [-0.2, 0) is 4.79 Å². The highest BCUT2D eigenvalue weighted by Gasteiger charge is 2.24. The molecular formula is C17H23FN6OS. The number of H-pyrrole nitrogens is 1. The average molecular weight is 378 g/mol. The molecule has 3 rings (SSSR count). The second kappa shape index (κ2) is 9.11. The van der Waals surface area contributed by atoms with Gasteiger partial charge >= 0.3 is 0 Å². The molecule has 0 spiro atoms. The first-order valence-electron chi connectivity index (χ1n) is 8.60. The maximum atomic E-state index is 13.0. The van der Waals surface area contributed by atoms with Crippen molar-refractivity contribution in [1.82, 2.24) is 30.9 Å². The molecule has 1 aliphatic heterocycles. The molecule has 0 aliphatic carbocycles. The van der Waals surface area contributed by atoms with E-state index in [1.54, 1.807) is 4.90 Å². The standard InChI is InChI=1S/C17H23FN6OS/c1-24(16(25)10-26-17-19-11-20-23-17)8-2-3-14-9-15(22-21-14)12-4-6-13(18)7-5-12/h4-7,11,14-15,21-22H,2-3,8-10H2,1H3,(H,19,20,23). The van der Waals surface area contributed by atoms with Crippen molar-refractivity contribution in [3.8, 4) is 0 Å². The number of benzene rings is 1. The third kappa shape index (κ3) is 5.26. The maximum absolute atomic E-state index is 13.0. The molecule has 2 unspecified atom stereocenters. The summed E-state index contributed by atoms with van der Waals surface area (Å²) in [6, 6.07) is 7.14. The summed E-state index contributed by atoms with van der Waals surface area (Å²) in [5.41, 5.74) is 7.64. The number of hydrogen-bond donors (Lipinski definition) is 3. The Morgan fingerprint density at radius 1 is 1.35 bits per heavy atom. The fourth-order valence-electron chi connectivity index (χ4n) is 2.93. The van der Waals surface area contributed by atoms with E-state index in [0.717, 1.165) is 31.4 Å². The van der Waals surface area contributed by atoms with Crippen LogP contribution in [0.1, 0.15) is 30.9 Å². The summed E-state index contributed by atoms with van der Waals surface area (Å²) in [5, 5.41) is 7.14. The van der Waals surface area contributed by atoms with Gasteiger partial charge in [-0.25, -0.2) is 9.37 Å². The number of nitrogens with one attached hydrogen (secondary N) is 3. The molecular weight excluding hydrogens is 355 g/mol. The highest BCUT2D eigenvalue weighted by atomic mass is 32.2. The van der Waals surface area contributed by atoms with Crippen LogP contribution in [-0.4, -0.2) is 51.4 Å². The van der Waals surface area contributed by atoms with Crippen molar-refractivity contribution < 1.29 is 9.18 Å². The largest absolute Gasteiger partial charge is 0.345 e. The first-order chi connectivity index (χ1) is 12.6. The molecule has 1 aromatic carbocycles. The second-order valence-corrected chi connectivity index (χ2v) is 7.33. The summed E-state index contributed by atoms with van der Waals surface area (Å²) in [6.07, 6.45) is 4.27. The Morgan fingerprint density at radius 3 is 2.88 bits per heavy atom. The Hall–Kier alpha value is -1.97. The summed E-state index contributed by atoms with van der Waals surface area (Å²) in [6.45, 7) is 0.717. The zero-order chi connectivity index (χ0) is 18.4. The van der Waals surface area contributed by atoms with Gasteiger partial charge < -0.3 is 4.90 Å². The predicted octanol–water partition coefficient (Wildman–Crippen LogP) is 1.88. The number of aromatic nitrogens is 3. The summed E-state index contributed by atoms with van der Waals surface area (Å²) in [7, 11) is 1.82. The Kier molecular flexibility index (Phi) is 6.59. The van der Waals surface area contributed by atoms with Crippen molar-refractivity contribution in [2.45, 2.75) is 36.5 Å². The van der Waals surface area contributed by atoms with Crippen LogP contribution in [0.3, 0.4) is 0 Å². The zero-order valence-corrected chi connectivity index (χ0v) is 15.4. The average Bonchev–Trinajstić information content (AvgIpc) is 3.32. The molecule has 2 aromatic rings. The molecule has 0 saturated carbocycles. The van der Waals surface area contributed by atoms with Gasteiger partial charge in [0.15, 0.2) is 5.16 Å². The molecule has 140 valence electrons. The molecule has 0 radical (unpaired) electrons. The van der Waals surface area contributed by atoms with Crippen LogP contribution in [0.2, 0.25) is 0 Å². The molecule has 26 heavy (non-hydrogen) atoms. The van der Waals surface area contributed by atoms with Crippen molar-refractivity contribution >= 4 is 17.7 Å². The van der Waals surface area contributed by atoms with E-state index in [1.807, 2.05) is 19.2 Å². The maximum Gasteiger partial charge on any atom is 0.232 e. The third-order valence-corrected chi connectivity index (χ3v) is 5.31. The molecule has 1 amide bonds. The van der Waals surface area contributed by atoms with Crippen LogP contribution in [0.15, 0.2) is 35.7 Å². The SMILES string of the molecule is CN(CCCC1CC(c2ccc(F)cc2)NN1)C(=O)CSc1ncn[nH]1. The second-order valence-electron chi connectivity index (χ2n) is 6.36. The molecule has 1 aliphatic rings. The Labute approximate surface area is 156 Å². The normalized spacial score (nSPS) is 19.6. The van der Waals surface area contributed by atoms with Gasteiger partial charge in [-0.05, 0) is 37.0 Å². The number of hydrazine groups is 1. The number of halogens is 1. The van der Waals surface area contributed by atoms with Gasteiger partial charge in [0, 0.05) is 25.7 Å². The first-order valence-corrected chi connectivity index (χ1v) is 9.59. The molecule has 9 heteroatoms. The van der Waals surface area contributed by atoms with Gasteiger partial charge in [-0.1, -0.05) is 23.9 Å². The van der Waals surface area contributed by atoms with Gasteiger partial charge in [0.1, 0.15) is 12.1 Å². The van der Waals surface area contributed by atoms with E-state index >= 15 is 0 Å². The Morgan fingerprint density at radius 2 is 2.15 bits per heavy atom. The van der Waals surface area contributed by atoms with Crippen molar-refractivity contribution in [1.29, 1.82) is 0 Å². The molecule has 7 nitrogen and oxygen atoms in total. The van der Waals surface area contributed by atoms with Crippen molar-refractivity contribution in [3.05, 3.63) is 42.0 Å². The van der Waals surface area contributed by atoms with E-state index in [-0.39, 0.29) is 17.8 Å². The lowest BCUT2D eigenvalue weighted by Gasteiger charge is -2.18. The van der Waals surface area contributed by atoms with E-state index in [9.17, 15) is 9.18 Å². The number of rotatable bonds is 8. The highest BCUT2D eigenvalue weighted by Crippen LogP contribution is 2.24. The van der Waals surface area contributed by atoms with E-state index in [4.69, 9.17) is 0 Å². The summed E-state index contributed by atoms with van der Waals surface area (Å²) >= 11 is 1.35. The number of aromatic amines is 1. The fraction of sp³-hybridized carbons (Fsp3) is 0.471. The smallest absolute Gasteiger partial charge is 0.232 e. The van der Waals surface area contributed by atoms with Crippen LogP contribution in [0.4, 0.5) is 4.39 Å². The minimum atomic E-state index is -0.217. The molecule has 0 bridgehead atoms. The third-order valence-electron chi connectivity index (χ3n) is 4.45. The van der Waals surface area contributed by atoms with Gasteiger partial charge in [0.25, 0.3) is 0 Å². The van der Waals surface area contributed by atoms with Crippen LogP contribution >= 0.6 is 11.8 Å². The van der Waals surface area contributed by atoms with Gasteiger partial charge in [0.05, 0.1) is 5.75 Å². The summed E-state index contributed by atoms with van der Waals surface area (Å²) in [5.74, 6) is 0.209. The van der Waals surface area contributed by atoms with E-state index in [0.29, 0.717) is 17.0 Å².